The van der Waals surface area contributed by atoms with Gasteiger partial charge in [0.05, 0.1) is 24.8 Å². The summed E-state index contributed by atoms with van der Waals surface area (Å²) in [6, 6.07) is 5.66. The Morgan fingerprint density at radius 2 is 2.03 bits per heavy atom. The van der Waals surface area contributed by atoms with Crippen molar-refractivity contribution in [3.8, 4) is 11.4 Å². The molecule has 0 aliphatic rings. The van der Waals surface area contributed by atoms with Crippen LogP contribution in [0.25, 0.3) is 33.3 Å². The summed E-state index contributed by atoms with van der Waals surface area (Å²) >= 11 is 6.22. The van der Waals surface area contributed by atoms with Gasteiger partial charge in [-0.3, -0.25) is 19.0 Å². The third kappa shape index (κ3) is 3.25. The zero-order chi connectivity index (χ0) is 22.6. The molecule has 0 radical (unpaired) electrons. The number of nitrogens with zero attached hydrogens (tertiary/aromatic N) is 5. The molecule has 5 rings (SSSR count). The monoisotopic (exact) mass is 451 g/mol. The number of hydrogen-bond donors (Lipinski definition) is 2. The number of fused-ring (bicyclic) bond motifs is 2. The zero-order valence-corrected chi connectivity index (χ0v) is 18.6. The summed E-state index contributed by atoms with van der Waals surface area (Å²) in [5.41, 5.74) is 2.69. The Morgan fingerprint density at radius 1 is 1.22 bits per heavy atom. The predicted octanol–water partition coefficient (Wildman–Crippen LogP) is 3.13. The molecule has 0 saturated carbocycles. The fraction of sp³-hybridized carbons (Fsp3) is 0.273. The molecule has 4 heterocycles. The second-order valence-electron chi connectivity index (χ2n) is 8.36. The van der Waals surface area contributed by atoms with Crippen LogP contribution in [0.15, 0.2) is 46.5 Å². The number of halogens is 1. The van der Waals surface area contributed by atoms with Crippen molar-refractivity contribution < 1.29 is 0 Å². The Morgan fingerprint density at radius 3 is 2.75 bits per heavy atom. The van der Waals surface area contributed by atoms with Gasteiger partial charge in [0, 0.05) is 35.7 Å². The Bertz CT molecular complexity index is 1580. The summed E-state index contributed by atoms with van der Waals surface area (Å²) in [5, 5.41) is 6.74. The van der Waals surface area contributed by atoms with Crippen molar-refractivity contribution in [3.05, 3.63) is 68.3 Å². The van der Waals surface area contributed by atoms with E-state index in [0.717, 1.165) is 22.2 Å². The summed E-state index contributed by atoms with van der Waals surface area (Å²) in [6.07, 6.45) is 5.27. The van der Waals surface area contributed by atoms with Gasteiger partial charge in [-0.25, -0.2) is 9.78 Å². The molecule has 0 atom stereocenters. The molecule has 0 aliphatic heterocycles. The Balaban J connectivity index is 1.80. The molecule has 0 fully saturated rings. The first-order valence-corrected chi connectivity index (χ1v) is 10.7. The highest BCUT2D eigenvalue weighted by Crippen LogP contribution is 2.29. The smallest absolute Gasteiger partial charge is 0.330 e. The number of benzene rings is 1. The van der Waals surface area contributed by atoms with Crippen molar-refractivity contribution in [3.63, 3.8) is 0 Å². The number of hydrogen-bond acceptors (Lipinski definition) is 4. The summed E-state index contributed by atoms with van der Waals surface area (Å²) in [6.45, 7) is 4.84. The standard InChI is InChI=1S/C22H22ClN7O2/c1-12(2)9-29-20-18(21(31)26-22(29)32)19(17-8-24-11-28(17)3)30(27-20)10-13-7-25-16-5-4-14(23)6-15(13)16/h4-8,11-12,25H,9-10H2,1-3H3,(H,26,31,32). The lowest BCUT2D eigenvalue weighted by molar-refractivity contribution is 0.510. The van der Waals surface area contributed by atoms with Crippen molar-refractivity contribution in [2.24, 2.45) is 13.0 Å². The van der Waals surface area contributed by atoms with Gasteiger partial charge in [-0.05, 0) is 29.7 Å². The first kappa shape index (κ1) is 20.3. The number of nitrogens with one attached hydrogen (secondary N) is 2. The van der Waals surface area contributed by atoms with Crippen molar-refractivity contribution >= 4 is 33.5 Å². The van der Waals surface area contributed by atoms with E-state index in [1.54, 1.807) is 17.2 Å². The summed E-state index contributed by atoms with van der Waals surface area (Å²) in [5.74, 6) is 0.197. The lowest BCUT2D eigenvalue weighted by Gasteiger charge is -2.08. The fourth-order valence-electron chi connectivity index (χ4n) is 4.11. The number of rotatable bonds is 5. The van der Waals surface area contributed by atoms with Crippen LogP contribution in [0.5, 0.6) is 0 Å². The molecule has 10 heteroatoms. The second kappa shape index (κ2) is 7.52. The summed E-state index contributed by atoms with van der Waals surface area (Å²) in [7, 11) is 1.86. The molecule has 2 N–H and O–H groups in total. The molecule has 4 aromatic heterocycles. The van der Waals surface area contributed by atoms with Crippen LogP contribution < -0.4 is 11.2 Å². The van der Waals surface area contributed by atoms with Crippen LogP contribution in [0.4, 0.5) is 0 Å². The van der Waals surface area contributed by atoms with E-state index in [-0.39, 0.29) is 5.92 Å². The molecule has 0 bridgehead atoms. The number of aromatic amines is 2. The third-order valence-corrected chi connectivity index (χ3v) is 5.77. The molecule has 0 aliphatic carbocycles. The van der Waals surface area contributed by atoms with E-state index in [2.05, 4.69) is 15.0 Å². The summed E-state index contributed by atoms with van der Waals surface area (Å²) < 4.78 is 5.12. The van der Waals surface area contributed by atoms with Crippen LogP contribution in [0.3, 0.4) is 0 Å². The van der Waals surface area contributed by atoms with Gasteiger partial charge in [0.2, 0.25) is 0 Å². The van der Waals surface area contributed by atoms with Crippen molar-refractivity contribution in [1.82, 2.24) is 33.9 Å². The highest BCUT2D eigenvalue weighted by Gasteiger charge is 2.23. The highest BCUT2D eigenvalue weighted by molar-refractivity contribution is 6.31. The Kier molecular flexibility index (Phi) is 4.78. The molecule has 0 unspecified atom stereocenters. The maximum absolute atomic E-state index is 13.0. The minimum atomic E-state index is -0.463. The summed E-state index contributed by atoms with van der Waals surface area (Å²) in [4.78, 5) is 35.5. The van der Waals surface area contributed by atoms with E-state index < -0.39 is 11.2 Å². The minimum Gasteiger partial charge on any atom is -0.361 e. The zero-order valence-electron chi connectivity index (χ0n) is 17.9. The lowest BCUT2D eigenvalue weighted by Crippen LogP contribution is -2.31. The van der Waals surface area contributed by atoms with E-state index in [0.29, 0.717) is 34.8 Å². The van der Waals surface area contributed by atoms with E-state index in [1.165, 1.54) is 4.57 Å². The van der Waals surface area contributed by atoms with E-state index in [9.17, 15) is 9.59 Å². The van der Waals surface area contributed by atoms with Crippen LogP contribution in [-0.2, 0) is 20.1 Å². The molecular formula is C22H22ClN7O2. The van der Waals surface area contributed by atoms with Crippen LogP contribution in [-0.4, -0.2) is 33.9 Å². The predicted molar refractivity (Wildman–Crippen MR) is 124 cm³/mol. The van der Waals surface area contributed by atoms with Gasteiger partial charge in [0.15, 0.2) is 5.65 Å². The number of aromatic nitrogens is 7. The van der Waals surface area contributed by atoms with Crippen LogP contribution in [0.1, 0.15) is 19.4 Å². The SMILES string of the molecule is CC(C)Cn1c(=O)[nH]c(=O)c2c(-c3cncn3C)n(Cc3c[nH]c4ccc(Cl)cc34)nc21. The normalized spacial score (nSPS) is 11.9. The van der Waals surface area contributed by atoms with Gasteiger partial charge in [0.1, 0.15) is 11.1 Å². The first-order chi connectivity index (χ1) is 15.3. The second-order valence-corrected chi connectivity index (χ2v) is 8.80. The molecule has 5 aromatic rings. The van der Waals surface area contributed by atoms with E-state index in [1.807, 2.05) is 49.9 Å². The lowest BCUT2D eigenvalue weighted by atomic mass is 10.1. The van der Waals surface area contributed by atoms with Gasteiger partial charge in [-0.2, -0.15) is 5.10 Å². The number of aryl methyl sites for hydroxylation is 1. The van der Waals surface area contributed by atoms with E-state index in [4.69, 9.17) is 16.7 Å². The largest absolute Gasteiger partial charge is 0.361 e. The Labute approximate surface area is 187 Å². The molecular weight excluding hydrogens is 430 g/mol. The molecule has 0 spiro atoms. The average molecular weight is 452 g/mol. The van der Waals surface area contributed by atoms with Crippen molar-refractivity contribution in [1.29, 1.82) is 0 Å². The van der Waals surface area contributed by atoms with Crippen LogP contribution in [0.2, 0.25) is 5.02 Å². The Hall–Kier alpha value is -3.59. The molecule has 9 nitrogen and oxygen atoms in total. The fourth-order valence-corrected chi connectivity index (χ4v) is 4.28. The van der Waals surface area contributed by atoms with Gasteiger partial charge in [-0.15, -0.1) is 0 Å². The quantitative estimate of drug-likeness (QED) is 0.428. The first-order valence-electron chi connectivity index (χ1n) is 10.3. The average Bonchev–Trinajstić information content (AvgIpc) is 3.42. The van der Waals surface area contributed by atoms with Crippen LogP contribution in [0, 0.1) is 5.92 Å². The number of imidazole rings is 1. The van der Waals surface area contributed by atoms with Crippen LogP contribution >= 0.6 is 11.6 Å². The molecule has 0 saturated heterocycles. The molecule has 32 heavy (non-hydrogen) atoms. The maximum atomic E-state index is 13.0. The van der Waals surface area contributed by atoms with Gasteiger partial charge in [0.25, 0.3) is 5.56 Å². The van der Waals surface area contributed by atoms with E-state index >= 15 is 0 Å². The van der Waals surface area contributed by atoms with Gasteiger partial charge >= 0.3 is 5.69 Å². The number of H-pyrrole nitrogens is 2. The molecule has 164 valence electrons. The highest BCUT2D eigenvalue weighted by atomic mass is 35.5. The van der Waals surface area contributed by atoms with Gasteiger partial charge < -0.3 is 9.55 Å². The van der Waals surface area contributed by atoms with Crippen molar-refractivity contribution in [2.75, 3.05) is 0 Å². The van der Waals surface area contributed by atoms with Crippen molar-refractivity contribution in [2.45, 2.75) is 26.9 Å². The van der Waals surface area contributed by atoms with Gasteiger partial charge in [-0.1, -0.05) is 25.4 Å². The maximum Gasteiger partial charge on any atom is 0.330 e. The third-order valence-electron chi connectivity index (χ3n) is 5.54. The minimum absolute atomic E-state index is 0.197. The molecule has 1 aromatic carbocycles. The topological polar surface area (TPSA) is 106 Å². The molecule has 0 amide bonds.